The zero-order valence-corrected chi connectivity index (χ0v) is 8.79. The molecule has 0 saturated carbocycles. The standard InChI is InChI=1S/C9H19NS/c1-7-6-11-8(10-7)5-9(2,3)4/h7-8,10H,5-6H2,1-4H3. The fourth-order valence-electron chi connectivity index (χ4n) is 1.35. The summed E-state index contributed by atoms with van der Waals surface area (Å²) in [6, 6.07) is 0.715. The van der Waals surface area contributed by atoms with Gasteiger partial charge in [0.25, 0.3) is 0 Å². The summed E-state index contributed by atoms with van der Waals surface area (Å²) in [4.78, 5) is 0. The highest BCUT2D eigenvalue weighted by atomic mass is 32.2. The molecule has 0 aromatic heterocycles. The van der Waals surface area contributed by atoms with E-state index in [1.807, 2.05) is 0 Å². The van der Waals surface area contributed by atoms with Crippen molar-refractivity contribution in [2.45, 2.75) is 45.5 Å². The van der Waals surface area contributed by atoms with E-state index in [1.165, 1.54) is 12.2 Å². The molecule has 1 nitrogen and oxygen atoms in total. The zero-order chi connectivity index (χ0) is 8.48. The van der Waals surface area contributed by atoms with Crippen LogP contribution in [-0.2, 0) is 0 Å². The van der Waals surface area contributed by atoms with E-state index in [9.17, 15) is 0 Å². The number of rotatable bonds is 1. The van der Waals surface area contributed by atoms with Crippen LogP contribution in [0, 0.1) is 5.41 Å². The van der Waals surface area contributed by atoms with Crippen LogP contribution < -0.4 is 5.32 Å². The van der Waals surface area contributed by atoms with Gasteiger partial charge in [-0.1, -0.05) is 20.8 Å². The number of hydrogen-bond acceptors (Lipinski definition) is 2. The van der Waals surface area contributed by atoms with Gasteiger partial charge >= 0.3 is 0 Å². The summed E-state index contributed by atoms with van der Waals surface area (Å²) in [6.45, 7) is 9.17. The van der Waals surface area contributed by atoms with Crippen LogP contribution in [0.4, 0.5) is 0 Å². The van der Waals surface area contributed by atoms with Crippen molar-refractivity contribution in [3.8, 4) is 0 Å². The Bertz CT molecular complexity index is 128. The van der Waals surface area contributed by atoms with Crippen molar-refractivity contribution in [2.75, 3.05) is 5.75 Å². The summed E-state index contributed by atoms with van der Waals surface area (Å²) in [6.07, 6.45) is 1.28. The summed E-state index contributed by atoms with van der Waals surface area (Å²) >= 11 is 2.07. The summed E-state index contributed by atoms with van der Waals surface area (Å²) in [5, 5.41) is 4.27. The molecule has 1 heterocycles. The van der Waals surface area contributed by atoms with E-state index in [2.05, 4.69) is 44.8 Å². The van der Waals surface area contributed by atoms with Gasteiger partial charge in [0.1, 0.15) is 0 Å². The Hall–Kier alpha value is 0.310. The van der Waals surface area contributed by atoms with E-state index in [4.69, 9.17) is 0 Å². The van der Waals surface area contributed by atoms with Gasteiger partial charge in [0.15, 0.2) is 0 Å². The first-order valence-electron chi connectivity index (χ1n) is 4.35. The zero-order valence-electron chi connectivity index (χ0n) is 7.98. The maximum absolute atomic E-state index is 3.57. The summed E-state index contributed by atoms with van der Waals surface area (Å²) < 4.78 is 0. The Labute approximate surface area is 74.3 Å². The van der Waals surface area contributed by atoms with Crippen molar-refractivity contribution >= 4 is 11.8 Å². The highest BCUT2D eigenvalue weighted by Crippen LogP contribution is 2.29. The van der Waals surface area contributed by atoms with E-state index in [-0.39, 0.29) is 0 Å². The van der Waals surface area contributed by atoms with Gasteiger partial charge in [-0.3, -0.25) is 0 Å². The smallest absolute Gasteiger partial charge is 0.0540 e. The Kier molecular flexibility index (Phi) is 2.87. The summed E-state index contributed by atoms with van der Waals surface area (Å²) in [5.41, 5.74) is 0.467. The molecule has 11 heavy (non-hydrogen) atoms. The molecule has 1 N–H and O–H groups in total. The molecule has 2 atom stereocenters. The third-order valence-electron chi connectivity index (χ3n) is 1.82. The predicted molar refractivity (Wildman–Crippen MR) is 52.9 cm³/mol. The third-order valence-corrected chi connectivity index (χ3v) is 3.21. The lowest BCUT2D eigenvalue weighted by molar-refractivity contribution is 0.352. The number of nitrogens with one attached hydrogen (secondary N) is 1. The molecule has 0 aromatic rings. The first kappa shape index (κ1) is 9.40. The van der Waals surface area contributed by atoms with Crippen molar-refractivity contribution in [2.24, 2.45) is 5.41 Å². The Balaban J connectivity index is 2.29. The van der Waals surface area contributed by atoms with Crippen molar-refractivity contribution in [1.82, 2.24) is 5.32 Å². The Morgan fingerprint density at radius 2 is 2.09 bits per heavy atom. The van der Waals surface area contributed by atoms with Crippen LogP contribution >= 0.6 is 11.8 Å². The molecule has 0 amide bonds. The molecule has 0 spiro atoms. The molecule has 66 valence electrons. The summed E-state index contributed by atoms with van der Waals surface area (Å²) in [7, 11) is 0. The largest absolute Gasteiger partial charge is 0.302 e. The maximum Gasteiger partial charge on any atom is 0.0540 e. The molecule has 0 radical (unpaired) electrons. The van der Waals surface area contributed by atoms with Crippen LogP contribution in [0.25, 0.3) is 0 Å². The van der Waals surface area contributed by atoms with Crippen LogP contribution in [-0.4, -0.2) is 17.2 Å². The van der Waals surface area contributed by atoms with Crippen molar-refractivity contribution < 1.29 is 0 Å². The molecule has 0 aliphatic carbocycles. The highest BCUT2D eigenvalue weighted by molar-refractivity contribution is 8.00. The summed E-state index contributed by atoms with van der Waals surface area (Å²) in [5.74, 6) is 1.28. The quantitative estimate of drug-likeness (QED) is 0.654. The topological polar surface area (TPSA) is 12.0 Å². The molecule has 1 aliphatic heterocycles. The average Bonchev–Trinajstić information content (AvgIpc) is 2.10. The SMILES string of the molecule is CC1CSC(CC(C)(C)C)N1. The van der Waals surface area contributed by atoms with Crippen LogP contribution in [0.1, 0.15) is 34.1 Å². The normalized spacial score (nSPS) is 32.7. The monoisotopic (exact) mass is 173 g/mol. The van der Waals surface area contributed by atoms with Crippen LogP contribution in [0.2, 0.25) is 0 Å². The molecule has 2 unspecified atom stereocenters. The lowest BCUT2D eigenvalue weighted by atomic mass is 9.92. The van der Waals surface area contributed by atoms with Gasteiger partial charge in [-0.15, -0.1) is 11.8 Å². The Morgan fingerprint density at radius 1 is 1.45 bits per heavy atom. The van der Waals surface area contributed by atoms with Gasteiger partial charge in [-0.2, -0.15) is 0 Å². The van der Waals surface area contributed by atoms with Crippen LogP contribution in [0.5, 0.6) is 0 Å². The minimum atomic E-state index is 0.467. The molecule has 1 saturated heterocycles. The van der Waals surface area contributed by atoms with Crippen LogP contribution in [0.15, 0.2) is 0 Å². The third kappa shape index (κ3) is 3.48. The lowest BCUT2D eigenvalue weighted by Gasteiger charge is -2.22. The second-order valence-electron chi connectivity index (χ2n) is 4.65. The predicted octanol–water partition coefficient (Wildman–Crippen LogP) is 2.47. The fourth-order valence-corrected chi connectivity index (χ4v) is 2.91. The van der Waals surface area contributed by atoms with Gasteiger partial charge in [0, 0.05) is 11.8 Å². The number of hydrogen-bond donors (Lipinski definition) is 1. The average molecular weight is 173 g/mol. The second kappa shape index (κ2) is 3.36. The molecule has 1 aliphatic rings. The van der Waals surface area contributed by atoms with E-state index >= 15 is 0 Å². The molecular formula is C9H19NS. The van der Waals surface area contributed by atoms with Crippen LogP contribution in [0.3, 0.4) is 0 Å². The molecule has 0 aromatic carbocycles. The van der Waals surface area contributed by atoms with Gasteiger partial charge in [0.2, 0.25) is 0 Å². The highest BCUT2D eigenvalue weighted by Gasteiger charge is 2.25. The molecule has 1 rings (SSSR count). The van der Waals surface area contributed by atoms with Gasteiger partial charge in [-0.05, 0) is 18.8 Å². The molecule has 0 bridgehead atoms. The first-order valence-corrected chi connectivity index (χ1v) is 5.40. The van der Waals surface area contributed by atoms with E-state index in [0.29, 0.717) is 16.8 Å². The van der Waals surface area contributed by atoms with Crippen molar-refractivity contribution in [3.05, 3.63) is 0 Å². The maximum atomic E-state index is 3.57. The van der Waals surface area contributed by atoms with Crippen molar-refractivity contribution in [3.63, 3.8) is 0 Å². The Morgan fingerprint density at radius 3 is 2.45 bits per heavy atom. The van der Waals surface area contributed by atoms with Crippen molar-refractivity contribution in [1.29, 1.82) is 0 Å². The van der Waals surface area contributed by atoms with Gasteiger partial charge < -0.3 is 5.32 Å². The lowest BCUT2D eigenvalue weighted by Crippen LogP contribution is -2.30. The van der Waals surface area contributed by atoms with E-state index < -0.39 is 0 Å². The molecule has 2 heteroatoms. The second-order valence-corrected chi connectivity index (χ2v) is 5.89. The number of thioether (sulfide) groups is 1. The fraction of sp³-hybridized carbons (Fsp3) is 1.00. The van der Waals surface area contributed by atoms with E-state index in [1.54, 1.807) is 0 Å². The minimum Gasteiger partial charge on any atom is -0.302 e. The first-order chi connectivity index (χ1) is 4.97. The minimum absolute atomic E-state index is 0.467. The van der Waals surface area contributed by atoms with Gasteiger partial charge in [0.05, 0.1) is 5.37 Å². The van der Waals surface area contributed by atoms with Gasteiger partial charge in [-0.25, -0.2) is 0 Å². The van der Waals surface area contributed by atoms with E-state index in [0.717, 1.165) is 0 Å². The molecular weight excluding hydrogens is 154 g/mol. The molecule has 1 fully saturated rings.